The Morgan fingerprint density at radius 1 is 1.69 bits per heavy atom. The molecule has 1 aromatic heterocycles. The van der Waals surface area contributed by atoms with Gasteiger partial charge in [0.1, 0.15) is 0 Å². The molecule has 0 bridgehead atoms. The first kappa shape index (κ1) is 12.0. The summed E-state index contributed by atoms with van der Waals surface area (Å²) in [7, 11) is -2.86. The minimum Gasteiger partial charge on any atom is -0.248 e. The van der Waals surface area contributed by atoms with Gasteiger partial charge in [0.05, 0.1) is 28.1 Å². The fraction of sp³-hybridized carbons (Fsp3) is 0.778. The summed E-state index contributed by atoms with van der Waals surface area (Å²) in [5.41, 5.74) is 0.867. The van der Waals surface area contributed by atoms with E-state index in [1.165, 1.54) is 0 Å². The fourth-order valence-electron chi connectivity index (χ4n) is 1.81. The lowest BCUT2D eigenvalue weighted by atomic mass is 10.2. The van der Waals surface area contributed by atoms with E-state index in [1.54, 1.807) is 4.68 Å². The number of hydrogen-bond donors (Lipinski definition) is 0. The smallest absolute Gasteiger partial charge is 0.152 e. The Morgan fingerprint density at radius 2 is 2.44 bits per heavy atom. The van der Waals surface area contributed by atoms with E-state index in [2.05, 4.69) is 33.2 Å². The van der Waals surface area contributed by atoms with Crippen molar-refractivity contribution in [3.05, 3.63) is 11.9 Å². The summed E-state index contributed by atoms with van der Waals surface area (Å²) >= 11 is 3.50. The molecule has 1 aliphatic rings. The zero-order valence-corrected chi connectivity index (χ0v) is 11.4. The van der Waals surface area contributed by atoms with Gasteiger partial charge in [-0.2, -0.15) is 0 Å². The molecule has 0 radical (unpaired) electrons. The maximum absolute atomic E-state index is 11.3. The number of sulfone groups is 1. The predicted molar refractivity (Wildman–Crippen MR) is 64.3 cm³/mol. The second-order valence-electron chi connectivity index (χ2n) is 4.06. The van der Waals surface area contributed by atoms with Gasteiger partial charge in [-0.3, -0.25) is 0 Å². The first-order valence-corrected chi connectivity index (χ1v) is 8.02. The van der Waals surface area contributed by atoms with Crippen LogP contribution in [0.5, 0.6) is 0 Å². The minimum atomic E-state index is -2.86. The van der Waals surface area contributed by atoms with Gasteiger partial charge < -0.3 is 0 Å². The van der Waals surface area contributed by atoms with E-state index in [1.807, 2.05) is 6.20 Å². The Hall–Kier alpha value is -0.430. The van der Waals surface area contributed by atoms with E-state index in [0.29, 0.717) is 6.42 Å². The average molecular weight is 308 g/mol. The van der Waals surface area contributed by atoms with Gasteiger partial charge in [0.25, 0.3) is 0 Å². The molecule has 2 heterocycles. The molecular formula is C9H14BrN3O2S. The largest absolute Gasteiger partial charge is 0.248 e. The third-order valence-corrected chi connectivity index (χ3v) is 5.66. The van der Waals surface area contributed by atoms with Crippen LogP contribution in [0.3, 0.4) is 0 Å². The van der Waals surface area contributed by atoms with E-state index >= 15 is 0 Å². The van der Waals surface area contributed by atoms with Crippen LogP contribution in [0.4, 0.5) is 0 Å². The van der Waals surface area contributed by atoms with Crippen LogP contribution in [-0.4, -0.2) is 34.9 Å². The van der Waals surface area contributed by atoms with Crippen LogP contribution in [0.1, 0.15) is 36.3 Å². The van der Waals surface area contributed by atoms with E-state index in [9.17, 15) is 8.42 Å². The van der Waals surface area contributed by atoms with Gasteiger partial charge in [-0.05, 0) is 12.8 Å². The number of nitrogens with zero attached hydrogens (tertiary/aromatic N) is 3. The van der Waals surface area contributed by atoms with Crippen LogP contribution in [0.25, 0.3) is 0 Å². The van der Waals surface area contributed by atoms with Crippen molar-refractivity contribution in [1.82, 2.24) is 15.0 Å². The van der Waals surface area contributed by atoms with Crippen molar-refractivity contribution in [2.75, 3.05) is 11.5 Å². The highest BCUT2D eigenvalue weighted by molar-refractivity contribution is 9.09. The highest BCUT2D eigenvalue weighted by atomic mass is 79.9. The molecule has 7 heteroatoms. The number of rotatable bonds is 3. The summed E-state index contributed by atoms with van der Waals surface area (Å²) in [5, 5.41) is 8.06. The Kier molecular flexibility index (Phi) is 3.34. The van der Waals surface area contributed by atoms with Crippen molar-refractivity contribution in [2.45, 2.75) is 30.6 Å². The molecule has 0 N–H and O–H groups in total. The molecule has 90 valence electrons. The number of hydrogen-bond acceptors (Lipinski definition) is 4. The molecular weight excluding hydrogens is 294 g/mol. The van der Waals surface area contributed by atoms with Crippen molar-refractivity contribution in [3.8, 4) is 0 Å². The monoisotopic (exact) mass is 307 g/mol. The molecule has 5 nitrogen and oxygen atoms in total. The number of aromatic nitrogens is 3. The zero-order chi connectivity index (χ0) is 11.8. The maximum atomic E-state index is 11.3. The van der Waals surface area contributed by atoms with Crippen molar-refractivity contribution < 1.29 is 8.42 Å². The normalized spacial score (nSPS) is 25.8. The van der Waals surface area contributed by atoms with Crippen molar-refractivity contribution in [3.63, 3.8) is 0 Å². The molecule has 0 spiro atoms. The molecule has 1 saturated heterocycles. The summed E-state index contributed by atoms with van der Waals surface area (Å²) in [4.78, 5) is 0.194. The van der Waals surface area contributed by atoms with Crippen molar-refractivity contribution >= 4 is 25.8 Å². The van der Waals surface area contributed by atoms with Crippen LogP contribution in [0, 0.1) is 0 Å². The fourth-order valence-corrected chi connectivity index (χ4v) is 3.72. The van der Waals surface area contributed by atoms with Gasteiger partial charge in [-0.25, -0.2) is 13.1 Å². The molecule has 2 unspecified atom stereocenters. The molecule has 1 fully saturated rings. The maximum Gasteiger partial charge on any atom is 0.152 e. The number of alkyl halides is 1. The second-order valence-corrected chi connectivity index (χ2v) is 7.39. The molecule has 2 atom stereocenters. The summed E-state index contributed by atoms with van der Waals surface area (Å²) < 4.78 is 24.4. The molecule has 16 heavy (non-hydrogen) atoms. The molecule has 2 rings (SSSR count). The van der Waals surface area contributed by atoms with Crippen LogP contribution in [0.2, 0.25) is 0 Å². The van der Waals surface area contributed by atoms with Crippen LogP contribution < -0.4 is 0 Å². The topological polar surface area (TPSA) is 64.8 Å². The van der Waals surface area contributed by atoms with Crippen molar-refractivity contribution in [2.24, 2.45) is 0 Å². The quantitative estimate of drug-likeness (QED) is 0.794. The van der Waals surface area contributed by atoms with E-state index in [0.717, 1.165) is 12.1 Å². The van der Waals surface area contributed by atoms with Crippen LogP contribution >= 0.6 is 15.9 Å². The standard InChI is InChI=1S/C9H14BrN3O2S/c1-2-8(10)9-5-13(12-11-9)7-3-4-16(14,15)6-7/h5,7-8H,2-4,6H2,1H3. The molecule has 0 amide bonds. The molecule has 1 aromatic rings. The Bertz CT molecular complexity index is 471. The first-order chi connectivity index (χ1) is 7.52. The van der Waals surface area contributed by atoms with Gasteiger partial charge >= 0.3 is 0 Å². The zero-order valence-electron chi connectivity index (χ0n) is 9.00. The highest BCUT2D eigenvalue weighted by Gasteiger charge is 2.30. The van der Waals surface area contributed by atoms with Gasteiger partial charge in [0.15, 0.2) is 9.84 Å². The van der Waals surface area contributed by atoms with Crippen LogP contribution in [0.15, 0.2) is 6.20 Å². The SMILES string of the molecule is CCC(Br)c1cn(C2CCS(=O)(=O)C2)nn1. The molecule has 0 aliphatic carbocycles. The van der Waals surface area contributed by atoms with E-state index in [4.69, 9.17) is 0 Å². The second kappa shape index (κ2) is 4.44. The average Bonchev–Trinajstić information content (AvgIpc) is 2.83. The van der Waals surface area contributed by atoms with E-state index in [-0.39, 0.29) is 22.4 Å². The summed E-state index contributed by atoms with van der Waals surface area (Å²) in [6.07, 6.45) is 3.42. The summed E-state index contributed by atoms with van der Waals surface area (Å²) in [6, 6.07) is -0.0391. The third kappa shape index (κ3) is 2.45. The lowest BCUT2D eigenvalue weighted by Crippen LogP contribution is -2.11. The Balaban J connectivity index is 2.14. The van der Waals surface area contributed by atoms with Gasteiger partial charge in [-0.1, -0.05) is 28.1 Å². The first-order valence-electron chi connectivity index (χ1n) is 5.28. The summed E-state index contributed by atoms with van der Waals surface area (Å²) in [6.45, 7) is 2.05. The van der Waals surface area contributed by atoms with Gasteiger partial charge in [0, 0.05) is 6.20 Å². The van der Waals surface area contributed by atoms with Crippen molar-refractivity contribution in [1.29, 1.82) is 0 Å². The Morgan fingerprint density at radius 3 is 3.00 bits per heavy atom. The lowest BCUT2D eigenvalue weighted by Gasteiger charge is -2.06. The highest BCUT2D eigenvalue weighted by Crippen LogP contribution is 2.27. The molecule has 0 aromatic carbocycles. The lowest BCUT2D eigenvalue weighted by molar-refractivity contribution is 0.484. The molecule has 1 aliphatic heterocycles. The van der Waals surface area contributed by atoms with Gasteiger partial charge in [-0.15, -0.1) is 5.10 Å². The predicted octanol–water partition coefficient (Wildman–Crippen LogP) is 1.48. The van der Waals surface area contributed by atoms with Crippen LogP contribution in [-0.2, 0) is 9.84 Å². The Labute approximate surface area is 103 Å². The molecule has 0 saturated carbocycles. The number of halogens is 1. The summed E-state index contributed by atoms with van der Waals surface area (Å²) in [5.74, 6) is 0.452. The van der Waals surface area contributed by atoms with E-state index < -0.39 is 9.84 Å². The third-order valence-electron chi connectivity index (χ3n) is 2.79. The van der Waals surface area contributed by atoms with Gasteiger partial charge in [0.2, 0.25) is 0 Å². The minimum absolute atomic E-state index is 0.0391.